The van der Waals surface area contributed by atoms with Gasteiger partial charge < -0.3 is 19.7 Å². The van der Waals surface area contributed by atoms with E-state index in [4.69, 9.17) is 9.47 Å². The average Bonchev–Trinajstić information content (AvgIpc) is 3.24. The highest BCUT2D eigenvalue weighted by Gasteiger charge is 2.14. The molecule has 6 nitrogen and oxygen atoms in total. The van der Waals surface area contributed by atoms with E-state index in [1.165, 1.54) is 24.5 Å². The van der Waals surface area contributed by atoms with Crippen molar-refractivity contribution in [2.45, 2.75) is 6.61 Å². The highest BCUT2D eigenvalue weighted by atomic mass is 32.1. The number of ether oxygens (including phenoxy) is 2. The second-order valence-electron chi connectivity index (χ2n) is 7.00. The van der Waals surface area contributed by atoms with Crippen molar-refractivity contribution in [3.8, 4) is 22.1 Å². The predicted octanol–water partition coefficient (Wildman–Crippen LogP) is 3.97. The SMILES string of the molecule is COc1cc(-c2nc(C(=O)NCCN(C)C)cs2)ccc1OCc1ccc(F)c(F)c1. The molecule has 2 aromatic carbocycles. The van der Waals surface area contributed by atoms with Crippen molar-refractivity contribution in [2.75, 3.05) is 34.3 Å². The molecule has 0 fully saturated rings. The molecular formula is C22H23F2N3O3S. The Kier molecular flexibility index (Phi) is 7.54. The maximum absolute atomic E-state index is 13.4. The predicted molar refractivity (Wildman–Crippen MR) is 116 cm³/mol. The molecule has 0 saturated heterocycles. The second-order valence-corrected chi connectivity index (χ2v) is 7.86. The number of hydrogen-bond donors (Lipinski definition) is 1. The molecule has 9 heteroatoms. The summed E-state index contributed by atoms with van der Waals surface area (Å²) >= 11 is 1.35. The Morgan fingerprint density at radius 1 is 1.13 bits per heavy atom. The first-order chi connectivity index (χ1) is 14.9. The van der Waals surface area contributed by atoms with Crippen molar-refractivity contribution in [1.29, 1.82) is 0 Å². The lowest BCUT2D eigenvalue weighted by Gasteiger charge is -2.12. The van der Waals surface area contributed by atoms with Gasteiger partial charge in [0.25, 0.3) is 5.91 Å². The van der Waals surface area contributed by atoms with Crippen LogP contribution in [0.1, 0.15) is 16.1 Å². The van der Waals surface area contributed by atoms with E-state index in [-0.39, 0.29) is 12.5 Å². The summed E-state index contributed by atoms with van der Waals surface area (Å²) in [5, 5.41) is 5.21. The number of carbonyl (C=O) groups is 1. The number of halogens is 2. The number of aromatic nitrogens is 1. The molecule has 1 heterocycles. The molecule has 3 aromatic rings. The number of likely N-dealkylation sites (N-methyl/N-ethyl adjacent to an activating group) is 1. The molecule has 31 heavy (non-hydrogen) atoms. The molecule has 3 rings (SSSR count). The van der Waals surface area contributed by atoms with Crippen molar-refractivity contribution >= 4 is 17.2 Å². The van der Waals surface area contributed by atoms with Crippen LogP contribution in [-0.4, -0.2) is 50.1 Å². The summed E-state index contributed by atoms with van der Waals surface area (Å²) in [6.07, 6.45) is 0. The standard InChI is InChI=1S/C22H23F2N3O3S/c1-27(2)9-8-25-21(28)18-13-31-22(26-18)15-5-7-19(20(11-15)29-3)30-12-14-4-6-16(23)17(24)10-14/h4-7,10-11,13H,8-9,12H2,1-3H3,(H,25,28). The van der Waals surface area contributed by atoms with Crippen LogP contribution in [0.5, 0.6) is 11.5 Å². The lowest BCUT2D eigenvalue weighted by atomic mass is 10.2. The molecule has 164 valence electrons. The number of benzene rings is 2. The van der Waals surface area contributed by atoms with Gasteiger partial charge in [-0.1, -0.05) is 6.07 Å². The Bertz CT molecular complexity index is 1060. The fourth-order valence-electron chi connectivity index (χ4n) is 2.70. The number of rotatable bonds is 9. The molecule has 0 unspecified atom stereocenters. The quantitative estimate of drug-likeness (QED) is 0.538. The largest absolute Gasteiger partial charge is 0.493 e. The van der Waals surface area contributed by atoms with Crippen LogP contribution in [0.4, 0.5) is 8.78 Å². The monoisotopic (exact) mass is 447 g/mol. The Morgan fingerprint density at radius 2 is 1.94 bits per heavy atom. The maximum Gasteiger partial charge on any atom is 0.270 e. The summed E-state index contributed by atoms with van der Waals surface area (Å²) in [4.78, 5) is 18.6. The van der Waals surface area contributed by atoms with Gasteiger partial charge in [0, 0.05) is 24.0 Å². The molecule has 1 aromatic heterocycles. The first-order valence-corrected chi connectivity index (χ1v) is 10.4. The molecule has 1 amide bonds. The molecule has 0 spiro atoms. The summed E-state index contributed by atoms with van der Waals surface area (Å²) in [5.41, 5.74) is 1.63. The number of nitrogens with zero attached hydrogens (tertiary/aromatic N) is 2. The van der Waals surface area contributed by atoms with E-state index in [9.17, 15) is 13.6 Å². The number of carbonyl (C=O) groups excluding carboxylic acids is 1. The molecule has 0 radical (unpaired) electrons. The van der Waals surface area contributed by atoms with Crippen LogP contribution in [0.25, 0.3) is 10.6 Å². The smallest absolute Gasteiger partial charge is 0.270 e. The number of amides is 1. The van der Waals surface area contributed by atoms with Crippen LogP contribution in [0.15, 0.2) is 41.8 Å². The van der Waals surface area contributed by atoms with E-state index in [0.29, 0.717) is 34.3 Å². The Morgan fingerprint density at radius 3 is 2.65 bits per heavy atom. The number of methoxy groups -OCH3 is 1. The fraction of sp³-hybridized carbons (Fsp3) is 0.273. The van der Waals surface area contributed by atoms with Gasteiger partial charge in [0.2, 0.25) is 0 Å². The molecule has 0 aliphatic heterocycles. The van der Waals surface area contributed by atoms with Crippen LogP contribution in [0.3, 0.4) is 0 Å². The number of hydrogen-bond acceptors (Lipinski definition) is 6. The third kappa shape index (κ3) is 5.99. The minimum absolute atomic E-state index is 0.0570. The van der Waals surface area contributed by atoms with Crippen LogP contribution < -0.4 is 14.8 Å². The lowest BCUT2D eigenvalue weighted by Crippen LogP contribution is -2.31. The summed E-state index contributed by atoms with van der Waals surface area (Å²) in [7, 11) is 5.38. The van der Waals surface area contributed by atoms with E-state index >= 15 is 0 Å². The molecule has 0 saturated carbocycles. The van der Waals surface area contributed by atoms with Crippen molar-refractivity contribution in [1.82, 2.24) is 15.2 Å². The van der Waals surface area contributed by atoms with E-state index in [1.807, 2.05) is 19.0 Å². The van der Waals surface area contributed by atoms with Crippen LogP contribution in [0.2, 0.25) is 0 Å². The van der Waals surface area contributed by atoms with Crippen LogP contribution in [0, 0.1) is 11.6 Å². The first kappa shape index (κ1) is 22.6. The van der Waals surface area contributed by atoms with Gasteiger partial charge in [-0.2, -0.15) is 0 Å². The van der Waals surface area contributed by atoms with Gasteiger partial charge in [-0.05, 0) is 50.0 Å². The second kappa shape index (κ2) is 10.3. The lowest BCUT2D eigenvalue weighted by molar-refractivity contribution is 0.0947. The van der Waals surface area contributed by atoms with Gasteiger partial charge in [0.15, 0.2) is 23.1 Å². The van der Waals surface area contributed by atoms with Gasteiger partial charge in [0.05, 0.1) is 7.11 Å². The summed E-state index contributed by atoms with van der Waals surface area (Å²) in [6, 6.07) is 8.89. The zero-order valence-electron chi connectivity index (χ0n) is 17.4. The highest BCUT2D eigenvalue weighted by molar-refractivity contribution is 7.13. The molecule has 0 aliphatic carbocycles. The van der Waals surface area contributed by atoms with E-state index in [2.05, 4.69) is 10.3 Å². The minimum Gasteiger partial charge on any atom is -0.493 e. The van der Waals surface area contributed by atoms with E-state index in [1.54, 1.807) is 23.6 Å². The zero-order chi connectivity index (χ0) is 22.4. The number of nitrogens with one attached hydrogen (secondary N) is 1. The van der Waals surface area contributed by atoms with E-state index < -0.39 is 11.6 Å². The summed E-state index contributed by atoms with van der Waals surface area (Å²) in [5.74, 6) is -1.13. The highest BCUT2D eigenvalue weighted by Crippen LogP contribution is 2.34. The Hall–Kier alpha value is -3.04. The Balaban J connectivity index is 1.69. The average molecular weight is 448 g/mol. The summed E-state index contributed by atoms with van der Waals surface area (Å²) < 4.78 is 37.5. The fourth-order valence-corrected chi connectivity index (χ4v) is 3.50. The third-order valence-corrected chi connectivity index (χ3v) is 5.26. The van der Waals surface area contributed by atoms with E-state index in [0.717, 1.165) is 24.2 Å². The topological polar surface area (TPSA) is 63.7 Å². The van der Waals surface area contributed by atoms with Gasteiger partial charge in [0.1, 0.15) is 17.3 Å². The van der Waals surface area contributed by atoms with Crippen molar-refractivity contribution in [3.63, 3.8) is 0 Å². The third-order valence-electron chi connectivity index (χ3n) is 4.37. The van der Waals surface area contributed by atoms with Crippen molar-refractivity contribution in [3.05, 3.63) is 64.7 Å². The van der Waals surface area contributed by atoms with Crippen molar-refractivity contribution < 1.29 is 23.0 Å². The van der Waals surface area contributed by atoms with Crippen molar-refractivity contribution in [2.24, 2.45) is 0 Å². The molecule has 1 N–H and O–H groups in total. The van der Waals surface area contributed by atoms with Crippen LogP contribution in [-0.2, 0) is 6.61 Å². The maximum atomic E-state index is 13.4. The molecule has 0 bridgehead atoms. The zero-order valence-corrected chi connectivity index (χ0v) is 18.3. The normalized spacial score (nSPS) is 10.9. The molecule has 0 atom stereocenters. The van der Waals surface area contributed by atoms with Crippen LogP contribution >= 0.6 is 11.3 Å². The molecule has 0 aliphatic rings. The van der Waals surface area contributed by atoms with Gasteiger partial charge in [-0.25, -0.2) is 13.8 Å². The van der Waals surface area contributed by atoms with Gasteiger partial charge >= 0.3 is 0 Å². The van der Waals surface area contributed by atoms with Gasteiger partial charge in [-0.3, -0.25) is 4.79 Å². The van der Waals surface area contributed by atoms with Gasteiger partial charge in [-0.15, -0.1) is 11.3 Å². The molecular weight excluding hydrogens is 424 g/mol. The minimum atomic E-state index is -0.922. The number of thiazole rings is 1. The first-order valence-electron chi connectivity index (χ1n) is 9.51. The Labute approximate surface area is 183 Å². The summed E-state index contributed by atoms with van der Waals surface area (Å²) in [6.45, 7) is 1.34.